The maximum atomic E-state index is 12.3. The third kappa shape index (κ3) is 11.9. The summed E-state index contributed by atoms with van der Waals surface area (Å²) in [7, 11) is -7.09. The number of hydrogen-bond acceptors (Lipinski definition) is 6. The van der Waals surface area contributed by atoms with Crippen LogP contribution in [0.15, 0.2) is 48.5 Å². The SMILES string of the molecule is CC(C)P(=O)(O)OCCCNC(=O)c1ccc(/C=C/c2ccc(C(=O)NCCCOP(C)(=O)O)cc2)cc1. The highest BCUT2D eigenvalue weighted by Gasteiger charge is 2.23. The molecule has 12 heteroatoms. The van der Waals surface area contributed by atoms with Crippen LogP contribution in [0.2, 0.25) is 0 Å². The molecule has 2 atom stereocenters. The predicted octanol–water partition coefficient (Wildman–Crippen LogP) is 4.54. The van der Waals surface area contributed by atoms with Crippen LogP contribution in [0.5, 0.6) is 0 Å². The molecule has 0 bridgehead atoms. The van der Waals surface area contributed by atoms with Crippen molar-refractivity contribution in [2.45, 2.75) is 32.3 Å². The zero-order valence-electron chi connectivity index (χ0n) is 21.8. The van der Waals surface area contributed by atoms with E-state index in [4.69, 9.17) is 13.9 Å². The number of carbonyl (C=O) groups excluding carboxylic acids is 2. The highest BCUT2D eigenvalue weighted by molar-refractivity contribution is 7.53. The standard InChI is InChI=1S/C26H36N2O8P2/c1-20(2)38(33,34)36-19-5-17-28-26(30)24-14-10-22(11-15-24)7-6-21-8-12-23(13-9-21)25(29)27-16-4-18-35-37(3,31)32/h6-15,20H,4-5,16-19H2,1-3H3,(H,27,29)(H,28,30)(H,31,32)(H,33,34)/b7-6+. The zero-order valence-corrected chi connectivity index (χ0v) is 23.6. The molecule has 38 heavy (non-hydrogen) atoms. The van der Waals surface area contributed by atoms with Crippen molar-refractivity contribution in [2.75, 3.05) is 33.0 Å². The van der Waals surface area contributed by atoms with E-state index in [0.717, 1.165) is 17.8 Å². The van der Waals surface area contributed by atoms with Crippen LogP contribution in [0.25, 0.3) is 12.2 Å². The van der Waals surface area contributed by atoms with Crippen LogP contribution in [0.1, 0.15) is 58.5 Å². The maximum absolute atomic E-state index is 12.3. The highest BCUT2D eigenvalue weighted by atomic mass is 31.2. The Balaban J connectivity index is 1.76. The van der Waals surface area contributed by atoms with E-state index in [0.29, 0.717) is 37.1 Å². The van der Waals surface area contributed by atoms with E-state index in [-0.39, 0.29) is 25.0 Å². The van der Waals surface area contributed by atoms with Gasteiger partial charge in [-0.3, -0.25) is 18.7 Å². The first-order valence-electron chi connectivity index (χ1n) is 12.2. The Morgan fingerprint density at radius 3 is 1.55 bits per heavy atom. The summed E-state index contributed by atoms with van der Waals surface area (Å²) in [5.41, 5.74) is 2.32. The molecule has 0 aliphatic heterocycles. The minimum absolute atomic E-state index is 0.0876. The van der Waals surface area contributed by atoms with Crippen LogP contribution in [-0.4, -0.2) is 60.2 Å². The van der Waals surface area contributed by atoms with E-state index in [1.807, 2.05) is 36.4 Å². The molecule has 4 N–H and O–H groups in total. The molecule has 0 saturated carbocycles. The molecule has 208 valence electrons. The molecule has 0 radical (unpaired) electrons. The van der Waals surface area contributed by atoms with Crippen LogP contribution in [-0.2, 0) is 18.2 Å². The third-order valence-electron chi connectivity index (χ3n) is 5.29. The molecular weight excluding hydrogens is 530 g/mol. The Bertz CT molecular complexity index is 1170. The van der Waals surface area contributed by atoms with Crippen molar-refractivity contribution in [1.82, 2.24) is 10.6 Å². The largest absolute Gasteiger partial charge is 0.352 e. The second-order valence-corrected chi connectivity index (χ2v) is 13.2. The molecule has 0 aliphatic rings. The van der Waals surface area contributed by atoms with Gasteiger partial charge < -0.3 is 29.5 Å². The normalized spacial score (nSPS) is 14.7. The van der Waals surface area contributed by atoms with Crippen LogP contribution in [0.3, 0.4) is 0 Å². The maximum Gasteiger partial charge on any atom is 0.330 e. The molecule has 2 aromatic rings. The smallest absolute Gasteiger partial charge is 0.330 e. The van der Waals surface area contributed by atoms with Crippen molar-refractivity contribution in [3.63, 3.8) is 0 Å². The van der Waals surface area contributed by atoms with E-state index in [2.05, 4.69) is 10.6 Å². The molecule has 0 fully saturated rings. The fourth-order valence-electron chi connectivity index (χ4n) is 3.01. The van der Waals surface area contributed by atoms with Gasteiger partial charge in [0.05, 0.1) is 18.9 Å². The van der Waals surface area contributed by atoms with E-state index < -0.39 is 20.9 Å². The van der Waals surface area contributed by atoms with Gasteiger partial charge in [-0.15, -0.1) is 0 Å². The van der Waals surface area contributed by atoms with Crippen molar-refractivity contribution in [3.05, 3.63) is 70.8 Å². The average Bonchev–Trinajstić information content (AvgIpc) is 2.86. The van der Waals surface area contributed by atoms with Gasteiger partial charge in [-0.25, -0.2) is 0 Å². The van der Waals surface area contributed by atoms with Crippen LogP contribution in [0, 0.1) is 0 Å². The number of carbonyl (C=O) groups is 2. The number of hydrogen-bond donors (Lipinski definition) is 4. The molecule has 0 aliphatic carbocycles. The fraction of sp³-hybridized carbons (Fsp3) is 0.385. The van der Waals surface area contributed by atoms with Gasteiger partial charge in [-0.1, -0.05) is 50.3 Å². The third-order valence-corrected chi connectivity index (χ3v) is 7.81. The molecule has 0 spiro atoms. The van der Waals surface area contributed by atoms with Gasteiger partial charge in [0.25, 0.3) is 11.8 Å². The zero-order chi connectivity index (χ0) is 28.2. The Kier molecular flexibility index (Phi) is 12.6. The summed E-state index contributed by atoms with van der Waals surface area (Å²) in [4.78, 5) is 43.2. The van der Waals surface area contributed by atoms with Gasteiger partial charge in [0, 0.05) is 30.9 Å². The van der Waals surface area contributed by atoms with Crippen molar-refractivity contribution in [3.8, 4) is 0 Å². The molecule has 0 heterocycles. The van der Waals surface area contributed by atoms with Gasteiger partial charge >= 0.3 is 15.2 Å². The van der Waals surface area contributed by atoms with Crippen molar-refractivity contribution in [2.24, 2.45) is 0 Å². The number of benzene rings is 2. The minimum atomic E-state index is -3.59. The summed E-state index contributed by atoms with van der Waals surface area (Å²) < 4.78 is 32.6. The molecular formula is C26H36N2O8P2. The number of nitrogens with one attached hydrogen (secondary N) is 2. The summed E-state index contributed by atoms with van der Waals surface area (Å²) in [5.74, 6) is -0.480. The Morgan fingerprint density at radius 2 is 1.18 bits per heavy atom. The predicted molar refractivity (Wildman–Crippen MR) is 148 cm³/mol. The summed E-state index contributed by atoms with van der Waals surface area (Å²) in [6.45, 7) is 5.19. The monoisotopic (exact) mass is 566 g/mol. The number of amides is 2. The summed E-state index contributed by atoms with van der Waals surface area (Å²) in [6.07, 6.45) is 4.63. The Morgan fingerprint density at radius 1 is 0.789 bits per heavy atom. The minimum Gasteiger partial charge on any atom is -0.352 e. The van der Waals surface area contributed by atoms with Crippen LogP contribution < -0.4 is 10.6 Å². The summed E-state index contributed by atoms with van der Waals surface area (Å²) >= 11 is 0. The van der Waals surface area contributed by atoms with E-state index in [1.54, 1.807) is 38.1 Å². The lowest BCUT2D eigenvalue weighted by atomic mass is 10.1. The van der Waals surface area contributed by atoms with Crippen molar-refractivity contribution >= 4 is 39.2 Å². The van der Waals surface area contributed by atoms with E-state index in [1.165, 1.54) is 0 Å². The topological polar surface area (TPSA) is 151 Å². The highest BCUT2D eigenvalue weighted by Crippen LogP contribution is 2.46. The first-order chi connectivity index (χ1) is 17.9. The lowest BCUT2D eigenvalue weighted by Gasteiger charge is -2.15. The Labute approximate surface area is 223 Å². The second kappa shape index (κ2) is 15.1. The molecule has 0 aromatic heterocycles. The van der Waals surface area contributed by atoms with Gasteiger partial charge in [0.2, 0.25) is 0 Å². The number of rotatable bonds is 15. The van der Waals surface area contributed by atoms with E-state index >= 15 is 0 Å². The van der Waals surface area contributed by atoms with Crippen molar-refractivity contribution in [1.29, 1.82) is 0 Å². The average molecular weight is 567 g/mol. The lowest BCUT2D eigenvalue weighted by Crippen LogP contribution is -2.25. The first kappa shape index (κ1) is 31.6. The van der Waals surface area contributed by atoms with Crippen LogP contribution >= 0.6 is 15.2 Å². The molecule has 2 rings (SSSR count). The molecule has 10 nitrogen and oxygen atoms in total. The van der Waals surface area contributed by atoms with Gasteiger partial charge in [-0.2, -0.15) is 0 Å². The molecule has 2 amide bonds. The van der Waals surface area contributed by atoms with Gasteiger partial charge in [-0.05, 0) is 48.2 Å². The molecule has 2 aromatic carbocycles. The van der Waals surface area contributed by atoms with Gasteiger partial charge in [0.1, 0.15) is 0 Å². The lowest BCUT2D eigenvalue weighted by molar-refractivity contribution is 0.0943. The van der Waals surface area contributed by atoms with Gasteiger partial charge in [0.15, 0.2) is 0 Å². The summed E-state index contributed by atoms with van der Waals surface area (Å²) in [5, 5.41) is 5.50. The summed E-state index contributed by atoms with van der Waals surface area (Å²) in [6, 6.07) is 14.1. The second-order valence-electron chi connectivity index (χ2n) is 8.92. The van der Waals surface area contributed by atoms with Crippen molar-refractivity contribution < 1.29 is 37.6 Å². The molecule has 2 unspecified atom stereocenters. The van der Waals surface area contributed by atoms with E-state index in [9.17, 15) is 23.6 Å². The fourth-order valence-corrected chi connectivity index (χ4v) is 4.17. The quantitative estimate of drug-likeness (QED) is 0.139. The Hall–Kier alpha value is -2.58. The van der Waals surface area contributed by atoms with Crippen LogP contribution in [0.4, 0.5) is 0 Å². The first-order valence-corrected chi connectivity index (χ1v) is 15.9. The molecule has 0 saturated heterocycles.